The molecule has 1 aromatic carbocycles. The van der Waals surface area contributed by atoms with Crippen LogP contribution in [0.5, 0.6) is 0 Å². The smallest absolute Gasteiger partial charge is 0.248 e. The fourth-order valence-electron chi connectivity index (χ4n) is 1.41. The van der Waals surface area contributed by atoms with E-state index in [0.717, 1.165) is 11.1 Å². The number of hydrogen-bond acceptors (Lipinski definition) is 2. The lowest BCUT2D eigenvalue weighted by Gasteiger charge is -2.11. The number of anilines is 1. The van der Waals surface area contributed by atoms with Crippen LogP contribution in [-0.4, -0.2) is 11.0 Å². The van der Waals surface area contributed by atoms with Gasteiger partial charge >= 0.3 is 0 Å². The van der Waals surface area contributed by atoms with Crippen LogP contribution in [0.1, 0.15) is 32.4 Å². The molecule has 1 atom stereocenters. The van der Waals surface area contributed by atoms with E-state index in [-0.39, 0.29) is 5.91 Å². The first-order valence-corrected chi connectivity index (χ1v) is 5.23. The second-order valence-corrected chi connectivity index (χ2v) is 3.97. The van der Waals surface area contributed by atoms with Gasteiger partial charge in [0.25, 0.3) is 0 Å². The van der Waals surface area contributed by atoms with Crippen molar-refractivity contribution in [3.63, 3.8) is 0 Å². The van der Waals surface area contributed by atoms with Crippen molar-refractivity contribution < 1.29 is 9.90 Å². The van der Waals surface area contributed by atoms with E-state index in [2.05, 4.69) is 5.32 Å². The van der Waals surface area contributed by atoms with E-state index in [4.69, 9.17) is 0 Å². The Labute approximate surface area is 95.8 Å². The lowest BCUT2D eigenvalue weighted by atomic mass is 10.1. The van der Waals surface area contributed by atoms with Crippen LogP contribution < -0.4 is 5.32 Å². The number of aliphatic hydroxyl groups is 1. The maximum absolute atomic E-state index is 11.5. The fraction of sp³-hybridized carbons (Fsp3) is 0.308. The van der Waals surface area contributed by atoms with Gasteiger partial charge in [-0.3, -0.25) is 4.79 Å². The second kappa shape index (κ2) is 5.47. The van der Waals surface area contributed by atoms with E-state index in [9.17, 15) is 9.90 Å². The molecule has 0 bridgehead atoms. The third-order valence-electron chi connectivity index (χ3n) is 2.09. The van der Waals surface area contributed by atoms with Gasteiger partial charge in [-0.2, -0.15) is 0 Å². The molecule has 0 aromatic heterocycles. The Morgan fingerprint density at radius 3 is 2.56 bits per heavy atom. The average molecular weight is 219 g/mol. The lowest BCUT2D eigenvalue weighted by molar-refractivity contribution is -0.111. The van der Waals surface area contributed by atoms with Crippen LogP contribution in [-0.2, 0) is 4.79 Å². The maximum Gasteiger partial charge on any atom is 0.248 e. The first-order chi connectivity index (χ1) is 7.50. The Morgan fingerprint density at radius 1 is 1.38 bits per heavy atom. The van der Waals surface area contributed by atoms with Crippen molar-refractivity contribution in [2.24, 2.45) is 0 Å². The first-order valence-electron chi connectivity index (χ1n) is 5.23. The van der Waals surface area contributed by atoms with Crippen LogP contribution in [0.3, 0.4) is 0 Å². The van der Waals surface area contributed by atoms with Gasteiger partial charge in [0.1, 0.15) is 0 Å². The molecular weight excluding hydrogens is 202 g/mol. The molecule has 3 nitrogen and oxygen atoms in total. The zero-order chi connectivity index (χ0) is 12.1. The van der Waals surface area contributed by atoms with Gasteiger partial charge in [0.05, 0.1) is 6.10 Å². The van der Waals surface area contributed by atoms with E-state index < -0.39 is 6.10 Å². The maximum atomic E-state index is 11.5. The van der Waals surface area contributed by atoms with Crippen molar-refractivity contribution in [3.05, 3.63) is 41.5 Å². The largest absolute Gasteiger partial charge is 0.389 e. The number of rotatable bonds is 3. The summed E-state index contributed by atoms with van der Waals surface area (Å²) in [4.78, 5) is 11.5. The van der Waals surface area contributed by atoms with Gasteiger partial charge in [0.2, 0.25) is 5.91 Å². The molecule has 0 fully saturated rings. The van der Waals surface area contributed by atoms with Gasteiger partial charge in [-0.05, 0) is 26.8 Å². The number of aliphatic hydroxyl groups excluding tert-OH is 1. The molecule has 0 spiro atoms. The number of carbonyl (C=O) groups excluding carboxylic acids is 1. The Kier molecular flexibility index (Phi) is 4.26. The third-order valence-corrected chi connectivity index (χ3v) is 2.09. The number of carbonyl (C=O) groups is 1. The number of para-hydroxylation sites is 1. The van der Waals surface area contributed by atoms with Gasteiger partial charge < -0.3 is 10.4 Å². The van der Waals surface area contributed by atoms with Gasteiger partial charge in [-0.15, -0.1) is 0 Å². The Hall–Kier alpha value is -1.61. The Morgan fingerprint density at radius 2 is 2.00 bits per heavy atom. The molecule has 1 unspecified atom stereocenters. The highest BCUT2D eigenvalue weighted by atomic mass is 16.3. The quantitative estimate of drug-likeness (QED) is 0.768. The van der Waals surface area contributed by atoms with E-state index >= 15 is 0 Å². The van der Waals surface area contributed by atoms with Gasteiger partial charge in [-0.1, -0.05) is 23.8 Å². The van der Waals surface area contributed by atoms with Gasteiger partial charge in [-0.25, -0.2) is 0 Å². The topological polar surface area (TPSA) is 49.3 Å². The van der Waals surface area contributed by atoms with Crippen LogP contribution in [0.15, 0.2) is 35.9 Å². The summed E-state index contributed by atoms with van der Waals surface area (Å²) >= 11 is 0. The molecule has 0 aliphatic carbocycles. The van der Waals surface area contributed by atoms with Crippen LogP contribution in [0, 0.1) is 0 Å². The molecule has 86 valence electrons. The number of amides is 1. The molecule has 3 heteroatoms. The average Bonchev–Trinajstić information content (AvgIpc) is 2.16. The molecule has 1 amide bonds. The molecule has 1 rings (SSSR count). The van der Waals surface area contributed by atoms with Crippen molar-refractivity contribution >= 4 is 11.6 Å². The molecule has 0 radical (unpaired) electrons. The summed E-state index contributed by atoms with van der Waals surface area (Å²) in [7, 11) is 0. The van der Waals surface area contributed by atoms with Gasteiger partial charge in [0, 0.05) is 17.3 Å². The summed E-state index contributed by atoms with van der Waals surface area (Å²) in [6, 6.07) is 7.23. The zero-order valence-electron chi connectivity index (χ0n) is 9.82. The molecule has 2 N–H and O–H groups in total. The van der Waals surface area contributed by atoms with Crippen molar-refractivity contribution in [3.8, 4) is 0 Å². The van der Waals surface area contributed by atoms with Crippen molar-refractivity contribution in [1.29, 1.82) is 0 Å². The lowest BCUT2D eigenvalue weighted by Crippen LogP contribution is -2.11. The predicted molar refractivity (Wildman–Crippen MR) is 65.1 cm³/mol. The Bertz CT molecular complexity index is 404. The fourth-order valence-corrected chi connectivity index (χ4v) is 1.41. The Balaban J connectivity index is 2.89. The molecular formula is C13H17NO2. The third kappa shape index (κ3) is 3.51. The van der Waals surface area contributed by atoms with Crippen molar-refractivity contribution in [2.45, 2.75) is 26.9 Å². The minimum absolute atomic E-state index is 0.173. The summed E-state index contributed by atoms with van der Waals surface area (Å²) in [5, 5.41) is 12.3. The SMILES string of the molecule is CC(C)=CC(=O)Nc1ccccc1C(C)O. The highest BCUT2D eigenvalue weighted by Gasteiger charge is 2.08. The van der Waals surface area contributed by atoms with Crippen LogP contribution in [0.4, 0.5) is 5.69 Å². The van der Waals surface area contributed by atoms with Crippen LogP contribution in [0.25, 0.3) is 0 Å². The van der Waals surface area contributed by atoms with E-state index in [0.29, 0.717) is 5.69 Å². The van der Waals surface area contributed by atoms with Crippen LogP contribution >= 0.6 is 0 Å². The minimum Gasteiger partial charge on any atom is -0.389 e. The van der Waals surface area contributed by atoms with Crippen molar-refractivity contribution in [1.82, 2.24) is 0 Å². The van der Waals surface area contributed by atoms with E-state index in [1.165, 1.54) is 6.08 Å². The molecule has 16 heavy (non-hydrogen) atoms. The normalized spacial score (nSPS) is 11.8. The molecule has 0 saturated heterocycles. The standard InChI is InChI=1S/C13H17NO2/c1-9(2)8-13(16)14-12-7-5-4-6-11(12)10(3)15/h4-8,10,15H,1-3H3,(H,14,16). The molecule has 0 heterocycles. The highest BCUT2D eigenvalue weighted by molar-refractivity contribution is 6.00. The summed E-state index contributed by atoms with van der Waals surface area (Å²) in [6.45, 7) is 5.40. The van der Waals surface area contributed by atoms with Crippen molar-refractivity contribution in [2.75, 3.05) is 5.32 Å². The van der Waals surface area contributed by atoms with Gasteiger partial charge in [0.15, 0.2) is 0 Å². The molecule has 0 aliphatic heterocycles. The molecule has 0 saturated carbocycles. The minimum atomic E-state index is -0.594. The zero-order valence-corrected chi connectivity index (χ0v) is 9.82. The predicted octanol–water partition coefficient (Wildman–Crippen LogP) is 2.64. The summed E-state index contributed by atoms with van der Waals surface area (Å²) in [5.74, 6) is -0.173. The summed E-state index contributed by atoms with van der Waals surface area (Å²) < 4.78 is 0. The summed E-state index contributed by atoms with van der Waals surface area (Å²) in [6.07, 6.45) is 0.932. The number of hydrogen-bond donors (Lipinski definition) is 2. The number of benzene rings is 1. The number of nitrogens with one attached hydrogen (secondary N) is 1. The molecule has 0 aliphatic rings. The van der Waals surface area contributed by atoms with Crippen LogP contribution in [0.2, 0.25) is 0 Å². The first kappa shape index (κ1) is 12.5. The monoisotopic (exact) mass is 219 g/mol. The molecule has 1 aromatic rings. The van der Waals surface area contributed by atoms with E-state index in [1.54, 1.807) is 19.1 Å². The number of allylic oxidation sites excluding steroid dienone is 1. The summed E-state index contributed by atoms with van der Waals surface area (Å²) in [5.41, 5.74) is 2.31. The second-order valence-electron chi connectivity index (χ2n) is 3.97. The highest BCUT2D eigenvalue weighted by Crippen LogP contribution is 2.22. The van der Waals surface area contributed by atoms with E-state index in [1.807, 2.05) is 26.0 Å².